The van der Waals surface area contributed by atoms with Gasteiger partial charge in [-0.05, 0) is 30.2 Å². The predicted molar refractivity (Wildman–Crippen MR) is 103 cm³/mol. The molecule has 0 aliphatic carbocycles. The molecule has 2 aromatic rings. The summed E-state index contributed by atoms with van der Waals surface area (Å²) in [5.41, 5.74) is 2.67. The van der Waals surface area contributed by atoms with Crippen LogP contribution in [-0.2, 0) is 11.8 Å². The van der Waals surface area contributed by atoms with E-state index in [1.165, 1.54) is 6.08 Å². The van der Waals surface area contributed by atoms with Crippen LogP contribution in [0.2, 0.25) is 0 Å². The molecule has 2 saturated heterocycles. The number of hydrogen-bond acceptors (Lipinski definition) is 4. The number of likely N-dealkylation sites (tertiary alicyclic amines) is 1. The van der Waals surface area contributed by atoms with Gasteiger partial charge in [0.05, 0.1) is 18.8 Å². The summed E-state index contributed by atoms with van der Waals surface area (Å²) < 4.78 is 29.0. The monoisotopic (exact) mass is 387 g/mol. The maximum absolute atomic E-state index is 13.7. The van der Waals surface area contributed by atoms with E-state index >= 15 is 0 Å². The van der Waals surface area contributed by atoms with Crippen molar-refractivity contribution in [2.24, 2.45) is 7.05 Å². The van der Waals surface area contributed by atoms with E-state index in [9.17, 15) is 13.6 Å². The Hall–Kier alpha value is -2.77. The van der Waals surface area contributed by atoms with E-state index in [1.807, 2.05) is 25.4 Å². The fourth-order valence-corrected chi connectivity index (χ4v) is 3.99. The summed E-state index contributed by atoms with van der Waals surface area (Å²) in [5.74, 6) is 0.597. The molecule has 2 aliphatic rings. The van der Waals surface area contributed by atoms with Crippen molar-refractivity contribution >= 4 is 11.7 Å². The number of pyridine rings is 1. The van der Waals surface area contributed by atoms with Crippen LogP contribution >= 0.6 is 0 Å². The molecule has 28 heavy (non-hydrogen) atoms. The van der Waals surface area contributed by atoms with Crippen molar-refractivity contribution in [3.8, 4) is 11.3 Å². The number of carbonyl (C=O) groups excluding carboxylic acids is 1. The Morgan fingerprint density at radius 1 is 1.29 bits per heavy atom. The quantitative estimate of drug-likeness (QED) is 0.757. The molecule has 3 atom stereocenters. The number of halogens is 2. The number of hydrogen-bond donors (Lipinski definition) is 0. The van der Waals surface area contributed by atoms with Crippen LogP contribution in [0.25, 0.3) is 11.3 Å². The maximum atomic E-state index is 13.7. The summed E-state index contributed by atoms with van der Waals surface area (Å²) in [7, 11) is 1.84. The Morgan fingerprint density at radius 2 is 2.04 bits per heavy atom. The Kier molecular flexibility index (Phi) is 4.87. The number of amides is 1. The number of aromatic nitrogens is 3. The minimum atomic E-state index is -1.49. The number of alkyl halides is 2. The number of aryl methyl sites for hydroxylation is 1. The van der Waals surface area contributed by atoms with Gasteiger partial charge in [0.25, 0.3) is 0 Å². The lowest BCUT2D eigenvalue weighted by molar-refractivity contribution is -0.125. The summed E-state index contributed by atoms with van der Waals surface area (Å²) in [6.45, 7) is 4.81. The van der Waals surface area contributed by atoms with Gasteiger partial charge in [0, 0.05) is 44.0 Å². The number of nitrogens with zero attached hydrogens (tertiary/aromatic N) is 5. The third kappa shape index (κ3) is 3.39. The molecule has 0 bridgehead atoms. The molecule has 0 N–H and O–H groups in total. The van der Waals surface area contributed by atoms with Gasteiger partial charge >= 0.3 is 0 Å². The first-order valence-corrected chi connectivity index (χ1v) is 9.40. The van der Waals surface area contributed by atoms with Gasteiger partial charge in [-0.2, -0.15) is 5.10 Å². The average Bonchev–Trinajstić information content (AvgIpc) is 3.42. The van der Waals surface area contributed by atoms with Gasteiger partial charge in [-0.15, -0.1) is 0 Å². The van der Waals surface area contributed by atoms with Gasteiger partial charge in [0.2, 0.25) is 5.91 Å². The van der Waals surface area contributed by atoms with Crippen LogP contribution in [0.4, 0.5) is 14.6 Å². The van der Waals surface area contributed by atoms with E-state index in [0.717, 1.165) is 23.2 Å². The van der Waals surface area contributed by atoms with Gasteiger partial charge in [-0.1, -0.05) is 6.58 Å². The minimum Gasteiger partial charge on any atom is -0.351 e. The van der Waals surface area contributed by atoms with Crippen molar-refractivity contribution in [3.63, 3.8) is 0 Å². The fraction of sp³-hybridized carbons (Fsp3) is 0.450. The zero-order valence-electron chi connectivity index (χ0n) is 15.8. The van der Waals surface area contributed by atoms with Gasteiger partial charge in [0.15, 0.2) is 12.3 Å². The molecule has 0 saturated carbocycles. The van der Waals surface area contributed by atoms with Crippen molar-refractivity contribution in [2.45, 2.75) is 24.7 Å². The van der Waals surface area contributed by atoms with Crippen molar-refractivity contribution in [1.82, 2.24) is 19.7 Å². The number of carbonyl (C=O) groups is 1. The first-order valence-electron chi connectivity index (χ1n) is 9.40. The second-order valence-corrected chi connectivity index (χ2v) is 7.42. The van der Waals surface area contributed by atoms with E-state index in [1.54, 1.807) is 20.7 Å². The van der Waals surface area contributed by atoms with E-state index < -0.39 is 12.3 Å². The summed E-state index contributed by atoms with van der Waals surface area (Å²) in [6.07, 6.45) is 2.79. The van der Waals surface area contributed by atoms with Crippen LogP contribution in [-0.4, -0.2) is 64.1 Å². The Labute approximate surface area is 162 Å². The highest BCUT2D eigenvalue weighted by Crippen LogP contribution is 2.36. The molecule has 2 fully saturated rings. The standard InChI is InChI=1S/C20H23F2N5O/c1-3-20(28)26-7-4-13(10-26)15-9-23-19(27-11-16(21)17(22)12-27)8-14(15)18-5-6-25(2)24-18/h3,5-6,8-9,13,16-17H,1,4,7,10-12H2,2H3/t13?,16-,17-/m1/s1. The molecule has 1 amide bonds. The predicted octanol–water partition coefficient (Wildman–Crippen LogP) is 2.48. The highest BCUT2D eigenvalue weighted by molar-refractivity contribution is 5.87. The minimum absolute atomic E-state index is 0.000213. The molecule has 8 heteroatoms. The van der Waals surface area contributed by atoms with Crippen LogP contribution in [0.5, 0.6) is 0 Å². The first kappa shape index (κ1) is 18.6. The summed E-state index contributed by atoms with van der Waals surface area (Å²) in [6, 6.07) is 3.77. The molecular weight excluding hydrogens is 364 g/mol. The molecule has 0 aromatic carbocycles. The van der Waals surface area contributed by atoms with Crippen LogP contribution in [0.3, 0.4) is 0 Å². The highest BCUT2D eigenvalue weighted by atomic mass is 19.2. The van der Waals surface area contributed by atoms with Crippen molar-refractivity contribution in [1.29, 1.82) is 0 Å². The Bertz CT molecular complexity index is 888. The third-order valence-electron chi connectivity index (χ3n) is 5.53. The molecule has 2 aromatic heterocycles. The zero-order valence-corrected chi connectivity index (χ0v) is 15.8. The molecule has 4 rings (SSSR count). The van der Waals surface area contributed by atoms with Crippen LogP contribution in [0, 0.1) is 0 Å². The maximum Gasteiger partial charge on any atom is 0.245 e. The number of rotatable bonds is 4. The van der Waals surface area contributed by atoms with Gasteiger partial charge in [0.1, 0.15) is 5.82 Å². The largest absolute Gasteiger partial charge is 0.351 e. The van der Waals surface area contributed by atoms with Crippen LogP contribution < -0.4 is 4.90 Å². The Morgan fingerprint density at radius 3 is 2.68 bits per heavy atom. The summed E-state index contributed by atoms with van der Waals surface area (Å²) in [4.78, 5) is 19.8. The third-order valence-corrected chi connectivity index (χ3v) is 5.53. The lowest BCUT2D eigenvalue weighted by atomic mass is 9.93. The lowest BCUT2D eigenvalue weighted by Gasteiger charge is -2.20. The van der Waals surface area contributed by atoms with Crippen molar-refractivity contribution < 1.29 is 13.6 Å². The molecular formula is C20H23F2N5O. The van der Waals surface area contributed by atoms with Crippen LogP contribution in [0.1, 0.15) is 17.9 Å². The fourth-order valence-electron chi connectivity index (χ4n) is 3.99. The molecule has 0 radical (unpaired) electrons. The number of anilines is 1. The van der Waals surface area contributed by atoms with Crippen LogP contribution in [0.15, 0.2) is 37.2 Å². The van der Waals surface area contributed by atoms with E-state index in [0.29, 0.717) is 18.9 Å². The average molecular weight is 387 g/mol. The summed E-state index contributed by atoms with van der Waals surface area (Å²) in [5, 5.41) is 4.51. The normalized spacial score (nSPS) is 24.8. The topological polar surface area (TPSA) is 54.3 Å². The smallest absolute Gasteiger partial charge is 0.245 e. The molecule has 4 heterocycles. The van der Waals surface area contributed by atoms with Crippen molar-refractivity contribution in [3.05, 3.63) is 42.7 Å². The molecule has 0 spiro atoms. The molecule has 2 aliphatic heterocycles. The SMILES string of the molecule is C=CC(=O)N1CCC(c2cnc(N3C[C@@H](F)[C@H](F)C3)cc2-c2ccn(C)n2)C1. The lowest BCUT2D eigenvalue weighted by Crippen LogP contribution is -2.26. The molecule has 6 nitrogen and oxygen atoms in total. The van der Waals surface area contributed by atoms with Gasteiger partial charge < -0.3 is 9.80 Å². The van der Waals surface area contributed by atoms with E-state index in [2.05, 4.69) is 16.7 Å². The van der Waals surface area contributed by atoms with Gasteiger partial charge in [-0.3, -0.25) is 9.48 Å². The zero-order chi connectivity index (χ0) is 19.8. The van der Waals surface area contributed by atoms with E-state index in [4.69, 9.17) is 0 Å². The van der Waals surface area contributed by atoms with E-state index in [-0.39, 0.29) is 24.9 Å². The first-order chi connectivity index (χ1) is 13.5. The molecule has 148 valence electrons. The molecule has 1 unspecified atom stereocenters. The summed E-state index contributed by atoms with van der Waals surface area (Å²) >= 11 is 0. The second-order valence-electron chi connectivity index (χ2n) is 7.42. The highest BCUT2D eigenvalue weighted by Gasteiger charge is 2.34. The van der Waals surface area contributed by atoms with Gasteiger partial charge in [-0.25, -0.2) is 13.8 Å². The Balaban J connectivity index is 1.68. The van der Waals surface area contributed by atoms with Crippen molar-refractivity contribution in [2.75, 3.05) is 31.1 Å². The second kappa shape index (κ2) is 7.33.